The van der Waals surface area contributed by atoms with Crippen molar-refractivity contribution in [2.45, 2.75) is 23.9 Å². The van der Waals surface area contributed by atoms with Crippen LogP contribution in [0.15, 0.2) is 35.4 Å². The largest absolute Gasteiger partial charge is 0.383 e. The Morgan fingerprint density at radius 3 is 2.77 bits per heavy atom. The van der Waals surface area contributed by atoms with Crippen molar-refractivity contribution in [3.8, 4) is 5.69 Å². The Labute approximate surface area is 176 Å². The number of aromatic nitrogens is 2. The molecule has 0 N–H and O–H groups in total. The average Bonchev–Trinajstić information content (AvgIpc) is 3.36. The number of nitrogens with zero attached hydrogens (tertiary/aromatic N) is 5. The predicted octanol–water partition coefficient (Wildman–Crippen LogP) is 0.799. The number of likely N-dealkylation sites (N-methyl/N-ethyl adjacent to an activating group) is 1. The average molecular weight is 434 g/mol. The first kappa shape index (κ1) is 21.0. The smallest absolute Gasteiger partial charge is 0.257 e. The van der Waals surface area contributed by atoms with Gasteiger partial charge in [0.15, 0.2) is 0 Å². The van der Waals surface area contributed by atoms with Crippen molar-refractivity contribution in [1.82, 2.24) is 23.9 Å². The molecule has 1 saturated heterocycles. The van der Waals surface area contributed by atoms with Gasteiger partial charge in [-0.25, -0.2) is 13.1 Å². The number of carbonyl (C=O) groups excluding carboxylic acids is 1. The number of rotatable bonds is 5. The topological polar surface area (TPSA) is 88.0 Å². The summed E-state index contributed by atoms with van der Waals surface area (Å²) in [6.45, 7) is 1.84. The first-order chi connectivity index (χ1) is 14.3. The summed E-state index contributed by atoms with van der Waals surface area (Å²) < 4.78 is 34.6. The first-order valence-electron chi connectivity index (χ1n) is 9.95. The Kier molecular flexibility index (Phi) is 5.67. The quantitative estimate of drug-likeness (QED) is 0.693. The van der Waals surface area contributed by atoms with Crippen LogP contribution in [0.25, 0.3) is 5.69 Å². The number of sulfonamides is 1. The van der Waals surface area contributed by atoms with Crippen LogP contribution in [-0.2, 0) is 21.3 Å². The molecule has 1 amide bonds. The molecule has 3 heterocycles. The highest BCUT2D eigenvalue weighted by molar-refractivity contribution is 7.89. The predicted molar refractivity (Wildman–Crippen MR) is 111 cm³/mol. The number of carbonyl (C=O) groups is 1. The summed E-state index contributed by atoms with van der Waals surface area (Å²) in [5.74, 6) is -0.107. The van der Waals surface area contributed by atoms with E-state index in [0.29, 0.717) is 36.1 Å². The van der Waals surface area contributed by atoms with Crippen molar-refractivity contribution in [2.24, 2.45) is 0 Å². The molecule has 1 aromatic heterocycles. The Morgan fingerprint density at radius 2 is 2.07 bits per heavy atom. The first-order valence-corrected chi connectivity index (χ1v) is 11.4. The molecule has 1 atom stereocenters. The second-order valence-corrected chi connectivity index (χ2v) is 9.78. The van der Waals surface area contributed by atoms with Crippen LogP contribution >= 0.6 is 0 Å². The maximum Gasteiger partial charge on any atom is 0.257 e. The van der Waals surface area contributed by atoms with Gasteiger partial charge < -0.3 is 14.5 Å². The number of ether oxygens (including phenoxy) is 1. The molecule has 0 saturated carbocycles. The van der Waals surface area contributed by atoms with E-state index in [0.717, 1.165) is 6.42 Å². The van der Waals surface area contributed by atoms with Crippen LogP contribution in [0, 0.1) is 0 Å². The summed E-state index contributed by atoms with van der Waals surface area (Å²) in [5.41, 5.74) is 1.49. The maximum absolute atomic E-state index is 13.3. The fourth-order valence-corrected chi connectivity index (χ4v) is 5.62. The van der Waals surface area contributed by atoms with Crippen molar-refractivity contribution in [1.29, 1.82) is 0 Å². The van der Waals surface area contributed by atoms with E-state index in [2.05, 4.69) is 10.00 Å². The normalized spacial score (nSPS) is 20.8. The molecule has 1 aromatic carbocycles. The summed E-state index contributed by atoms with van der Waals surface area (Å²) in [5, 5.41) is 4.42. The zero-order valence-electron chi connectivity index (χ0n) is 17.5. The maximum atomic E-state index is 13.3. The monoisotopic (exact) mass is 433 g/mol. The minimum absolute atomic E-state index is 0.0619. The summed E-state index contributed by atoms with van der Waals surface area (Å²) in [7, 11) is 1.81. The van der Waals surface area contributed by atoms with Crippen LogP contribution < -0.4 is 0 Å². The number of likely N-dealkylation sites (tertiary alicyclic amines) is 1. The van der Waals surface area contributed by atoms with E-state index in [4.69, 9.17) is 4.74 Å². The summed E-state index contributed by atoms with van der Waals surface area (Å²) >= 11 is 0. The molecule has 0 bridgehead atoms. The highest BCUT2D eigenvalue weighted by Gasteiger charge is 2.36. The highest BCUT2D eigenvalue weighted by Crippen LogP contribution is 2.31. The van der Waals surface area contributed by atoms with E-state index in [1.54, 1.807) is 35.1 Å². The van der Waals surface area contributed by atoms with Gasteiger partial charge in [-0.05, 0) is 32.6 Å². The van der Waals surface area contributed by atoms with Crippen molar-refractivity contribution >= 4 is 15.9 Å². The van der Waals surface area contributed by atoms with Gasteiger partial charge in [0.1, 0.15) is 4.90 Å². The van der Waals surface area contributed by atoms with E-state index < -0.39 is 10.0 Å². The molecular weight excluding hydrogens is 406 g/mol. The number of para-hydroxylation sites is 1. The molecule has 9 nitrogen and oxygen atoms in total. The molecule has 2 aliphatic heterocycles. The number of hydrogen-bond acceptors (Lipinski definition) is 6. The second kappa shape index (κ2) is 8.10. The molecule has 2 aliphatic rings. The highest BCUT2D eigenvalue weighted by atomic mass is 32.2. The molecule has 4 rings (SSSR count). The number of methoxy groups -OCH3 is 1. The van der Waals surface area contributed by atoms with Gasteiger partial charge in [0.25, 0.3) is 5.91 Å². The van der Waals surface area contributed by atoms with Gasteiger partial charge in [-0.2, -0.15) is 9.40 Å². The van der Waals surface area contributed by atoms with Crippen LogP contribution in [0.4, 0.5) is 0 Å². The summed E-state index contributed by atoms with van der Waals surface area (Å²) in [4.78, 5) is 17.4. The zero-order chi connectivity index (χ0) is 21.5. The van der Waals surface area contributed by atoms with Crippen LogP contribution in [-0.4, -0.2) is 91.7 Å². The Hall–Kier alpha value is -2.27. The molecule has 30 heavy (non-hydrogen) atoms. The lowest BCUT2D eigenvalue weighted by atomic mass is 10.2. The van der Waals surface area contributed by atoms with Crippen molar-refractivity contribution in [2.75, 3.05) is 47.4 Å². The Balaban J connectivity index is 1.76. The summed E-state index contributed by atoms with van der Waals surface area (Å²) in [6.07, 6.45) is 2.48. The number of hydrogen-bond donors (Lipinski definition) is 0. The Bertz CT molecular complexity index is 1050. The minimum Gasteiger partial charge on any atom is -0.383 e. The van der Waals surface area contributed by atoms with Gasteiger partial charge >= 0.3 is 0 Å². The van der Waals surface area contributed by atoms with Gasteiger partial charge in [0, 0.05) is 32.8 Å². The SMILES string of the molecule is COCCN1Cc2c(C(=O)N3CC[C@H](N(C)C)C3)cnn2-c2ccccc2S1(=O)=O. The van der Waals surface area contributed by atoms with Gasteiger partial charge in [0.05, 0.1) is 36.3 Å². The van der Waals surface area contributed by atoms with Crippen LogP contribution in [0.5, 0.6) is 0 Å². The fourth-order valence-electron chi connectivity index (χ4n) is 4.06. The lowest BCUT2D eigenvalue weighted by Gasteiger charge is -2.22. The van der Waals surface area contributed by atoms with Gasteiger partial charge in [-0.1, -0.05) is 12.1 Å². The molecule has 10 heteroatoms. The van der Waals surface area contributed by atoms with Crippen molar-refractivity contribution in [3.05, 3.63) is 41.7 Å². The second-order valence-electron chi connectivity index (χ2n) is 7.87. The molecule has 1 fully saturated rings. The van der Waals surface area contributed by atoms with Gasteiger partial charge in [-0.15, -0.1) is 0 Å². The van der Waals surface area contributed by atoms with Crippen LogP contribution in [0.1, 0.15) is 22.5 Å². The third-order valence-corrected chi connectivity index (χ3v) is 7.75. The number of benzene rings is 1. The third kappa shape index (κ3) is 3.53. The molecule has 0 radical (unpaired) electrons. The van der Waals surface area contributed by atoms with Crippen LogP contribution in [0.2, 0.25) is 0 Å². The van der Waals surface area contributed by atoms with Crippen LogP contribution in [0.3, 0.4) is 0 Å². The van der Waals surface area contributed by atoms with E-state index in [1.165, 1.54) is 11.4 Å². The molecule has 2 aromatic rings. The van der Waals surface area contributed by atoms with Gasteiger partial charge in [0.2, 0.25) is 10.0 Å². The number of fused-ring (bicyclic) bond motifs is 3. The summed E-state index contributed by atoms with van der Waals surface area (Å²) in [6, 6.07) is 7.08. The van der Waals surface area contributed by atoms with Gasteiger partial charge in [-0.3, -0.25) is 4.79 Å². The lowest BCUT2D eigenvalue weighted by molar-refractivity contribution is 0.0781. The van der Waals surface area contributed by atoms with E-state index in [-0.39, 0.29) is 30.5 Å². The lowest BCUT2D eigenvalue weighted by Crippen LogP contribution is -2.36. The minimum atomic E-state index is -3.75. The third-order valence-electron chi connectivity index (χ3n) is 5.86. The van der Waals surface area contributed by atoms with Crippen molar-refractivity contribution < 1.29 is 17.9 Å². The molecule has 0 spiro atoms. The van der Waals surface area contributed by atoms with E-state index in [1.807, 2.05) is 19.0 Å². The van der Waals surface area contributed by atoms with E-state index >= 15 is 0 Å². The van der Waals surface area contributed by atoms with E-state index in [9.17, 15) is 13.2 Å². The molecule has 162 valence electrons. The molecule has 0 unspecified atom stereocenters. The molecule has 0 aliphatic carbocycles. The fraction of sp³-hybridized carbons (Fsp3) is 0.500. The standard InChI is InChI=1S/C20H27N5O4S/c1-22(2)15-8-9-23(13-15)20(26)16-12-21-25-17-6-4-5-7-19(17)30(27,28)24(10-11-29-3)14-18(16)25/h4-7,12,15H,8-11,13-14H2,1-3H3/t15-/m0/s1. The number of amides is 1. The molecular formula is C20H27N5O4S. The van der Waals surface area contributed by atoms with Crippen molar-refractivity contribution in [3.63, 3.8) is 0 Å². The Morgan fingerprint density at radius 1 is 1.30 bits per heavy atom. The zero-order valence-corrected chi connectivity index (χ0v) is 18.3.